The zero-order valence-corrected chi connectivity index (χ0v) is 10.2. The minimum atomic E-state index is -2.89. The molecule has 0 saturated carbocycles. The number of thiazole rings is 1. The summed E-state index contributed by atoms with van der Waals surface area (Å²) in [4.78, 5) is 15.1. The van der Waals surface area contributed by atoms with E-state index in [9.17, 15) is 13.6 Å². The maximum atomic E-state index is 12.3. The van der Waals surface area contributed by atoms with E-state index in [2.05, 4.69) is 9.72 Å². The average Bonchev–Trinajstić information content (AvgIpc) is 2.79. The second-order valence-corrected chi connectivity index (χ2v) is 4.63. The molecule has 1 aromatic carbocycles. The van der Waals surface area contributed by atoms with Crippen molar-refractivity contribution in [1.82, 2.24) is 4.98 Å². The van der Waals surface area contributed by atoms with Crippen molar-refractivity contribution in [2.45, 2.75) is 13.5 Å². The maximum Gasteiger partial charge on any atom is 0.387 e. The van der Waals surface area contributed by atoms with Crippen molar-refractivity contribution >= 4 is 17.6 Å². The van der Waals surface area contributed by atoms with Crippen LogP contribution in [0.1, 0.15) is 15.2 Å². The molecule has 0 bridgehead atoms. The molecule has 18 heavy (non-hydrogen) atoms. The highest BCUT2D eigenvalue weighted by Crippen LogP contribution is 2.34. The Morgan fingerprint density at radius 1 is 1.44 bits per heavy atom. The summed E-state index contributed by atoms with van der Waals surface area (Å²) in [5.41, 5.74) is 1.36. The van der Waals surface area contributed by atoms with E-state index < -0.39 is 6.61 Å². The lowest BCUT2D eigenvalue weighted by molar-refractivity contribution is -0.0494. The van der Waals surface area contributed by atoms with E-state index in [1.165, 1.54) is 12.3 Å². The van der Waals surface area contributed by atoms with Crippen molar-refractivity contribution < 1.29 is 18.3 Å². The smallest absolute Gasteiger partial charge is 0.387 e. The molecule has 0 saturated heterocycles. The summed E-state index contributed by atoms with van der Waals surface area (Å²) < 4.78 is 29.0. The number of hydrogen-bond donors (Lipinski definition) is 0. The highest BCUT2D eigenvalue weighted by atomic mass is 32.1. The van der Waals surface area contributed by atoms with E-state index in [-0.39, 0.29) is 5.75 Å². The molecule has 94 valence electrons. The molecule has 1 aromatic heterocycles. The van der Waals surface area contributed by atoms with Crippen LogP contribution in [-0.4, -0.2) is 17.9 Å². The summed E-state index contributed by atoms with van der Waals surface area (Å²) in [7, 11) is 0. The average molecular weight is 269 g/mol. The Labute approximate surface area is 106 Å². The van der Waals surface area contributed by atoms with Crippen LogP contribution in [0, 0.1) is 6.92 Å². The summed E-state index contributed by atoms with van der Waals surface area (Å²) in [6, 6.07) is 4.85. The van der Waals surface area contributed by atoms with Crippen LogP contribution in [0.5, 0.6) is 5.75 Å². The van der Waals surface area contributed by atoms with Crippen LogP contribution in [0.4, 0.5) is 8.78 Å². The predicted octanol–water partition coefficient (Wildman–Crippen LogP) is 3.53. The molecule has 0 unspecified atom stereocenters. The van der Waals surface area contributed by atoms with E-state index >= 15 is 0 Å². The third-order valence-corrected chi connectivity index (χ3v) is 3.18. The minimum Gasteiger partial charge on any atom is -0.434 e. The number of benzene rings is 1. The van der Waals surface area contributed by atoms with Gasteiger partial charge < -0.3 is 4.74 Å². The Kier molecular flexibility index (Phi) is 3.66. The highest BCUT2D eigenvalue weighted by Gasteiger charge is 2.14. The van der Waals surface area contributed by atoms with Gasteiger partial charge in [0.05, 0.1) is 10.4 Å². The number of halogens is 2. The number of ether oxygens (including phenoxy) is 1. The number of carbonyl (C=O) groups is 1. The summed E-state index contributed by atoms with van der Waals surface area (Å²) >= 11 is 1.13. The van der Waals surface area contributed by atoms with Crippen molar-refractivity contribution in [3.05, 3.63) is 34.8 Å². The van der Waals surface area contributed by atoms with Gasteiger partial charge in [0.15, 0.2) is 6.29 Å². The molecule has 0 atom stereocenters. The van der Waals surface area contributed by atoms with Gasteiger partial charge in [0, 0.05) is 6.20 Å². The van der Waals surface area contributed by atoms with E-state index in [1.807, 2.05) is 6.92 Å². The van der Waals surface area contributed by atoms with E-state index in [1.54, 1.807) is 12.1 Å². The van der Waals surface area contributed by atoms with Gasteiger partial charge in [-0.25, -0.2) is 4.98 Å². The molecule has 3 nitrogen and oxygen atoms in total. The molecule has 0 aliphatic rings. The van der Waals surface area contributed by atoms with Gasteiger partial charge in [-0.3, -0.25) is 4.79 Å². The molecule has 6 heteroatoms. The van der Waals surface area contributed by atoms with Gasteiger partial charge in [-0.05, 0) is 19.1 Å². The molecule has 0 radical (unpaired) electrons. The van der Waals surface area contributed by atoms with Crippen LogP contribution in [0.2, 0.25) is 0 Å². The van der Waals surface area contributed by atoms with Crippen molar-refractivity contribution in [1.29, 1.82) is 0 Å². The second-order valence-electron chi connectivity index (χ2n) is 3.56. The quantitative estimate of drug-likeness (QED) is 0.797. The van der Waals surface area contributed by atoms with Crippen LogP contribution in [0.25, 0.3) is 10.6 Å². The molecule has 0 fully saturated rings. The monoisotopic (exact) mass is 269 g/mol. The first kappa shape index (κ1) is 12.6. The third-order valence-electron chi connectivity index (χ3n) is 2.22. The first-order chi connectivity index (χ1) is 8.60. The third kappa shape index (κ3) is 2.70. The Morgan fingerprint density at radius 2 is 2.22 bits per heavy atom. The SMILES string of the molecule is Cc1ccc(OC(F)F)c(-c2ncc(C=O)s2)c1. The first-order valence-electron chi connectivity index (χ1n) is 5.07. The van der Waals surface area contributed by atoms with Gasteiger partial charge in [-0.2, -0.15) is 8.78 Å². The van der Waals surface area contributed by atoms with Gasteiger partial charge >= 0.3 is 6.61 Å². The van der Waals surface area contributed by atoms with E-state index in [0.717, 1.165) is 16.9 Å². The largest absolute Gasteiger partial charge is 0.434 e. The standard InChI is InChI=1S/C12H9F2NO2S/c1-7-2-3-10(17-12(13)14)9(4-7)11-15-5-8(6-16)18-11/h2-6,12H,1H3. The summed E-state index contributed by atoms with van der Waals surface area (Å²) in [6.45, 7) is -1.05. The van der Waals surface area contributed by atoms with Crippen LogP contribution >= 0.6 is 11.3 Å². The van der Waals surface area contributed by atoms with Gasteiger partial charge in [-0.15, -0.1) is 11.3 Å². The van der Waals surface area contributed by atoms with E-state index in [4.69, 9.17) is 0 Å². The number of hydrogen-bond acceptors (Lipinski definition) is 4. The lowest BCUT2D eigenvalue weighted by Crippen LogP contribution is -2.03. The summed E-state index contributed by atoms with van der Waals surface area (Å²) in [6.07, 6.45) is 2.08. The number of aryl methyl sites for hydroxylation is 1. The lowest BCUT2D eigenvalue weighted by atomic mass is 10.1. The molecule has 1 heterocycles. The number of aromatic nitrogens is 1. The highest BCUT2D eigenvalue weighted by molar-refractivity contribution is 7.16. The number of alkyl halides is 2. The molecule has 2 rings (SSSR count). The minimum absolute atomic E-state index is 0.0578. The van der Waals surface area contributed by atoms with Crippen molar-refractivity contribution in [3.8, 4) is 16.3 Å². The number of carbonyl (C=O) groups excluding carboxylic acids is 1. The first-order valence-corrected chi connectivity index (χ1v) is 5.88. The van der Waals surface area contributed by atoms with Gasteiger partial charge in [0.2, 0.25) is 0 Å². The maximum absolute atomic E-state index is 12.3. The van der Waals surface area contributed by atoms with Crippen LogP contribution in [0.15, 0.2) is 24.4 Å². The molecule has 0 aliphatic carbocycles. The van der Waals surface area contributed by atoms with Gasteiger partial charge in [0.25, 0.3) is 0 Å². The molecular formula is C12H9F2NO2S. The fourth-order valence-electron chi connectivity index (χ4n) is 1.48. The van der Waals surface area contributed by atoms with Crippen molar-refractivity contribution in [2.24, 2.45) is 0 Å². The Hall–Kier alpha value is -1.82. The molecule has 0 spiro atoms. The van der Waals surface area contributed by atoms with E-state index in [0.29, 0.717) is 21.7 Å². The number of aldehydes is 1. The molecule has 0 N–H and O–H groups in total. The normalized spacial score (nSPS) is 10.7. The summed E-state index contributed by atoms with van der Waals surface area (Å²) in [5.74, 6) is 0.0578. The van der Waals surface area contributed by atoms with Crippen LogP contribution in [0.3, 0.4) is 0 Å². The predicted molar refractivity (Wildman–Crippen MR) is 64.3 cm³/mol. The fourth-order valence-corrected chi connectivity index (χ4v) is 2.23. The zero-order chi connectivity index (χ0) is 13.1. The van der Waals surface area contributed by atoms with Crippen molar-refractivity contribution in [3.63, 3.8) is 0 Å². The Balaban J connectivity index is 2.46. The topological polar surface area (TPSA) is 39.2 Å². The van der Waals surface area contributed by atoms with Gasteiger partial charge in [0.1, 0.15) is 10.8 Å². The fraction of sp³-hybridized carbons (Fsp3) is 0.167. The molecule has 0 aliphatic heterocycles. The van der Waals surface area contributed by atoms with Crippen molar-refractivity contribution in [2.75, 3.05) is 0 Å². The second kappa shape index (κ2) is 5.22. The number of nitrogens with zero attached hydrogens (tertiary/aromatic N) is 1. The van der Waals surface area contributed by atoms with Crippen LogP contribution in [-0.2, 0) is 0 Å². The molecule has 2 aromatic rings. The zero-order valence-electron chi connectivity index (χ0n) is 9.39. The Morgan fingerprint density at radius 3 is 2.83 bits per heavy atom. The summed E-state index contributed by atoms with van der Waals surface area (Å²) in [5, 5.41) is 0.483. The lowest BCUT2D eigenvalue weighted by Gasteiger charge is -2.09. The van der Waals surface area contributed by atoms with Gasteiger partial charge in [-0.1, -0.05) is 11.6 Å². The van der Waals surface area contributed by atoms with Crippen LogP contribution < -0.4 is 4.74 Å². The number of rotatable bonds is 4. The molecule has 0 amide bonds. The Bertz CT molecular complexity index is 569. The molecular weight excluding hydrogens is 260 g/mol.